The summed E-state index contributed by atoms with van der Waals surface area (Å²) in [6.45, 7) is 1.50. The van der Waals surface area contributed by atoms with Crippen molar-refractivity contribution >= 4 is 0 Å². The fraction of sp³-hybridized carbons (Fsp3) is 1.00. The summed E-state index contributed by atoms with van der Waals surface area (Å²) in [5.74, 6) is 0. The van der Waals surface area contributed by atoms with Crippen LogP contribution in [0.25, 0.3) is 0 Å². The summed E-state index contributed by atoms with van der Waals surface area (Å²) in [6.07, 6.45) is -2.89. The smallest absolute Gasteiger partial charge is 0.250 e. The molecule has 5 heteroatoms. The van der Waals surface area contributed by atoms with E-state index in [-0.39, 0.29) is 0 Å². The van der Waals surface area contributed by atoms with Gasteiger partial charge in [0, 0.05) is 5.41 Å². The summed E-state index contributed by atoms with van der Waals surface area (Å²) in [6, 6.07) is -1.76. The van der Waals surface area contributed by atoms with Crippen LogP contribution in [-0.4, -0.2) is 19.1 Å². The predicted molar refractivity (Wildman–Crippen MR) is 35.3 cm³/mol. The van der Waals surface area contributed by atoms with Crippen molar-refractivity contribution in [3.63, 3.8) is 0 Å². The summed E-state index contributed by atoms with van der Waals surface area (Å²) in [7, 11) is 0. The van der Waals surface area contributed by atoms with Gasteiger partial charge in [-0.2, -0.15) is 4.91 Å². The molecule has 0 aromatic rings. The lowest BCUT2D eigenvalue weighted by Crippen LogP contribution is -2.35. The van der Waals surface area contributed by atoms with Crippen molar-refractivity contribution in [2.24, 2.45) is 10.6 Å². The molecule has 0 fully saturated rings. The van der Waals surface area contributed by atoms with Gasteiger partial charge in [-0.1, -0.05) is 19.0 Å². The second kappa shape index (κ2) is 3.69. The van der Waals surface area contributed by atoms with Crippen LogP contribution >= 0.6 is 0 Å². The van der Waals surface area contributed by atoms with Gasteiger partial charge >= 0.3 is 0 Å². The molecule has 66 valence electrons. The van der Waals surface area contributed by atoms with Crippen molar-refractivity contribution in [1.82, 2.24) is 0 Å². The van der Waals surface area contributed by atoms with Crippen LogP contribution < -0.4 is 0 Å². The van der Waals surface area contributed by atoms with E-state index < -0.39 is 24.6 Å². The highest BCUT2D eigenvalue weighted by molar-refractivity contribution is 4.85. The van der Waals surface area contributed by atoms with Gasteiger partial charge in [0.25, 0.3) is 6.43 Å². The molecule has 0 spiro atoms. The Kier molecular flexibility index (Phi) is 3.48. The molecular weight excluding hydrogens is 159 g/mol. The Morgan fingerprint density at radius 2 is 1.91 bits per heavy atom. The molecule has 1 unspecified atom stereocenters. The van der Waals surface area contributed by atoms with E-state index >= 15 is 0 Å². The van der Waals surface area contributed by atoms with Crippen LogP contribution in [-0.2, 0) is 0 Å². The van der Waals surface area contributed by atoms with E-state index in [1.807, 2.05) is 0 Å². The first-order chi connectivity index (χ1) is 4.95. The molecule has 0 aliphatic heterocycles. The van der Waals surface area contributed by atoms with Gasteiger partial charge in [-0.15, -0.1) is 0 Å². The highest BCUT2D eigenvalue weighted by Crippen LogP contribution is 2.28. The zero-order chi connectivity index (χ0) is 9.07. The minimum absolute atomic E-state index is 0.978. The van der Waals surface area contributed by atoms with Crippen molar-refractivity contribution in [3.8, 4) is 0 Å². The minimum atomic E-state index is -2.89. The van der Waals surface area contributed by atoms with E-state index in [1.165, 1.54) is 13.8 Å². The second-order valence-corrected chi connectivity index (χ2v) is 3.01. The molecule has 0 saturated heterocycles. The van der Waals surface area contributed by atoms with Gasteiger partial charge < -0.3 is 0 Å². The Balaban J connectivity index is 4.35. The second-order valence-electron chi connectivity index (χ2n) is 3.01. The largest absolute Gasteiger partial charge is 0.264 e. The van der Waals surface area contributed by atoms with Gasteiger partial charge in [0.1, 0.15) is 0 Å². The van der Waals surface area contributed by atoms with E-state index in [0.717, 1.165) is 0 Å². The van der Waals surface area contributed by atoms with Crippen LogP contribution in [0.4, 0.5) is 13.2 Å². The lowest BCUT2D eigenvalue weighted by Gasteiger charge is -2.24. The zero-order valence-electron chi connectivity index (χ0n) is 6.35. The van der Waals surface area contributed by atoms with Gasteiger partial charge in [0.05, 0.1) is 6.67 Å². The Bertz CT molecular complexity index is 138. The molecule has 0 N–H and O–H groups in total. The van der Waals surface area contributed by atoms with Crippen molar-refractivity contribution < 1.29 is 13.2 Å². The molecule has 0 aliphatic rings. The van der Waals surface area contributed by atoms with Gasteiger partial charge in [0.2, 0.25) is 0 Å². The monoisotopic (exact) mass is 169 g/mol. The van der Waals surface area contributed by atoms with Crippen molar-refractivity contribution in [2.75, 3.05) is 6.67 Å². The Morgan fingerprint density at radius 3 is 2.00 bits per heavy atom. The number of nitrogens with zero attached hydrogens (tertiary/aromatic N) is 1. The van der Waals surface area contributed by atoms with Crippen LogP contribution in [0, 0.1) is 10.3 Å². The Labute approximate surface area is 62.8 Å². The van der Waals surface area contributed by atoms with E-state index in [1.54, 1.807) is 0 Å². The van der Waals surface area contributed by atoms with Gasteiger partial charge in [-0.25, -0.2) is 8.78 Å². The summed E-state index contributed by atoms with van der Waals surface area (Å²) >= 11 is 0. The first kappa shape index (κ1) is 10.4. The highest BCUT2D eigenvalue weighted by atomic mass is 19.3. The molecule has 0 aromatic carbocycles. The third-order valence-corrected chi connectivity index (χ3v) is 1.50. The van der Waals surface area contributed by atoms with Crippen LogP contribution in [0.2, 0.25) is 0 Å². The van der Waals surface area contributed by atoms with Crippen molar-refractivity contribution in [2.45, 2.75) is 26.3 Å². The lowest BCUT2D eigenvalue weighted by atomic mass is 9.87. The van der Waals surface area contributed by atoms with Gasteiger partial charge in [0.15, 0.2) is 6.04 Å². The summed E-state index contributed by atoms with van der Waals surface area (Å²) in [4.78, 5) is 9.86. The normalized spacial score (nSPS) is 15.1. The molecule has 0 saturated carbocycles. The SMILES string of the molecule is CC(C)(CF)C(N=O)C(F)F. The number of hydrogen-bond donors (Lipinski definition) is 0. The van der Waals surface area contributed by atoms with Crippen molar-refractivity contribution in [3.05, 3.63) is 4.91 Å². The molecule has 0 radical (unpaired) electrons. The maximum absolute atomic E-state index is 12.0. The fourth-order valence-electron chi connectivity index (χ4n) is 0.609. The Morgan fingerprint density at radius 1 is 1.45 bits per heavy atom. The van der Waals surface area contributed by atoms with Crippen LogP contribution in [0.3, 0.4) is 0 Å². The topological polar surface area (TPSA) is 29.4 Å². The molecule has 1 atom stereocenters. The predicted octanol–water partition coefficient (Wildman–Crippen LogP) is 2.38. The molecule has 11 heavy (non-hydrogen) atoms. The van der Waals surface area contributed by atoms with E-state index in [0.29, 0.717) is 0 Å². The molecular formula is C6H10F3NO. The molecule has 0 bridgehead atoms. The molecule has 0 aromatic heterocycles. The molecule has 0 rings (SSSR count). The van der Waals surface area contributed by atoms with E-state index in [4.69, 9.17) is 0 Å². The van der Waals surface area contributed by atoms with Crippen molar-refractivity contribution in [1.29, 1.82) is 0 Å². The number of nitroso groups, excluding NO2 is 1. The maximum atomic E-state index is 12.0. The standard InChI is InChI=1S/C6H10F3NO/c1-6(2,3-7)4(10-11)5(8)9/h4-5H,3H2,1-2H3. The lowest BCUT2D eigenvalue weighted by molar-refractivity contribution is 0.0468. The fourth-order valence-corrected chi connectivity index (χ4v) is 0.609. The highest BCUT2D eigenvalue weighted by Gasteiger charge is 2.37. The Hall–Kier alpha value is -0.610. The minimum Gasteiger partial charge on any atom is -0.250 e. The maximum Gasteiger partial charge on any atom is 0.264 e. The number of alkyl halides is 3. The zero-order valence-corrected chi connectivity index (χ0v) is 6.35. The molecule has 0 amide bonds. The quantitative estimate of drug-likeness (QED) is 0.594. The van der Waals surface area contributed by atoms with E-state index in [9.17, 15) is 18.1 Å². The van der Waals surface area contributed by atoms with Gasteiger partial charge in [-0.3, -0.25) is 4.39 Å². The average molecular weight is 169 g/mol. The number of hydrogen-bond acceptors (Lipinski definition) is 2. The van der Waals surface area contributed by atoms with Crippen LogP contribution in [0.15, 0.2) is 5.18 Å². The molecule has 2 nitrogen and oxygen atoms in total. The van der Waals surface area contributed by atoms with Crippen LogP contribution in [0.1, 0.15) is 13.8 Å². The van der Waals surface area contributed by atoms with E-state index in [2.05, 4.69) is 5.18 Å². The summed E-state index contributed by atoms with van der Waals surface area (Å²) in [5.41, 5.74) is -1.37. The third-order valence-electron chi connectivity index (χ3n) is 1.50. The van der Waals surface area contributed by atoms with Crippen LogP contribution in [0.5, 0.6) is 0 Å². The molecule has 0 aliphatic carbocycles. The first-order valence-electron chi connectivity index (χ1n) is 3.12. The summed E-state index contributed by atoms with van der Waals surface area (Å²) in [5, 5.41) is 2.19. The third kappa shape index (κ3) is 2.48. The first-order valence-corrected chi connectivity index (χ1v) is 3.12. The number of rotatable bonds is 4. The summed E-state index contributed by atoms with van der Waals surface area (Å²) < 4.78 is 35.9. The van der Waals surface area contributed by atoms with Gasteiger partial charge in [-0.05, 0) is 0 Å². The number of halogens is 3. The average Bonchev–Trinajstić information content (AvgIpc) is 1.88. The molecule has 0 heterocycles.